The monoisotopic (exact) mass is 478 g/mol. The first kappa shape index (κ1) is 25.7. The van der Waals surface area contributed by atoms with E-state index in [0.717, 1.165) is 48.8 Å². The van der Waals surface area contributed by atoms with Gasteiger partial charge in [0.25, 0.3) is 0 Å². The Morgan fingerprint density at radius 1 is 1.03 bits per heavy atom. The van der Waals surface area contributed by atoms with Crippen LogP contribution in [0.25, 0.3) is 0 Å². The summed E-state index contributed by atoms with van der Waals surface area (Å²) in [7, 11) is 1.74. The van der Waals surface area contributed by atoms with E-state index >= 15 is 0 Å². The van der Waals surface area contributed by atoms with Crippen molar-refractivity contribution in [3.63, 3.8) is 0 Å². The third-order valence-electron chi connectivity index (χ3n) is 9.98. The molecule has 4 heteroatoms. The molecule has 7 atom stereocenters. The van der Waals surface area contributed by atoms with Crippen LogP contribution in [0, 0.1) is 35.0 Å². The predicted molar refractivity (Wildman–Crippen MR) is 135 cm³/mol. The van der Waals surface area contributed by atoms with E-state index in [1.54, 1.807) is 7.11 Å². The Bertz CT molecular complexity index is 676. The number of alkyl halides is 1. The molecule has 33 heavy (non-hydrogen) atoms. The van der Waals surface area contributed by atoms with E-state index in [2.05, 4.69) is 13.0 Å². The van der Waals surface area contributed by atoms with Crippen molar-refractivity contribution < 1.29 is 14.3 Å². The molecule has 0 spiro atoms. The van der Waals surface area contributed by atoms with Crippen molar-refractivity contribution >= 4 is 17.4 Å². The van der Waals surface area contributed by atoms with Crippen LogP contribution in [0.2, 0.25) is 0 Å². The second-order valence-corrected chi connectivity index (χ2v) is 12.2. The first-order chi connectivity index (χ1) is 16.1. The molecule has 4 rings (SSSR count). The SMILES string of the molecule is COCO[C@H]1CC[C@H]2[C@@H]3[C@H](CCCCCCCCCCl)CC4=CC(=O)CC[C@@H]4[C@H]3CC[C@]12C. The highest BCUT2D eigenvalue weighted by Crippen LogP contribution is 2.64. The van der Waals surface area contributed by atoms with E-state index < -0.39 is 0 Å². The molecule has 3 saturated carbocycles. The van der Waals surface area contributed by atoms with Crippen molar-refractivity contribution in [1.82, 2.24) is 0 Å². The molecule has 0 aromatic rings. The molecule has 0 unspecified atom stereocenters. The first-order valence-corrected chi connectivity index (χ1v) is 14.5. The number of methoxy groups -OCH3 is 1. The van der Waals surface area contributed by atoms with Gasteiger partial charge < -0.3 is 9.47 Å². The van der Waals surface area contributed by atoms with Crippen LogP contribution in [0.3, 0.4) is 0 Å². The number of unbranched alkanes of at least 4 members (excludes halogenated alkanes) is 6. The van der Waals surface area contributed by atoms with E-state index in [0.29, 0.717) is 30.0 Å². The fourth-order valence-electron chi connectivity index (χ4n) is 8.43. The Balaban J connectivity index is 1.42. The normalized spacial score (nSPS) is 37.9. The Labute approximate surface area is 207 Å². The molecule has 4 aliphatic carbocycles. The molecule has 0 aliphatic heterocycles. The van der Waals surface area contributed by atoms with Crippen LogP contribution < -0.4 is 0 Å². The second kappa shape index (κ2) is 12.0. The summed E-state index contributed by atoms with van der Waals surface area (Å²) in [5.41, 5.74) is 1.82. The highest BCUT2D eigenvalue weighted by molar-refractivity contribution is 6.17. The molecule has 0 saturated heterocycles. The zero-order valence-electron chi connectivity index (χ0n) is 21.2. The van der Waals surface area contributed by atoms with Gasteiger partial charge in [-0.2, -0.15) is 0 Å². The maximum Gasteiger partial charge on any atom is 0.155 e. The lowest BCUT2D eigenvalue weighted by atomic mass is 9.49. The molecule has 0 radical (unpaired) electrons. The molecule has 4 aliphatic rings. The number of carbonyl (C=O) groups excluding carboxylic acids is 1. The molecule has 0 bridgehead atoms. The van der Waals surface area contributed by atoms with Gasteiger partial charge in [-0.15, -0.1) is 11.6 Å². The number of carbonyl (C=O) groups is 1. The topological polar surface area (TPSA) is 35.5 Å². The van der Waals surface area contributed by atoms with Crippen molar-refractivity contribution in [3.05, 3.63) is 11.6 Å². The number of allylic oxidation sites excluding steroid dienone is 1. The zero-order chi connectivity index (χ0) is 23.3. The summed E-state index contributed by atoms with van der Waals surface area (Å²) in [4.78, 5) is 12.3. The second-order valence-electron chi connectivity index (χ2n) is 11.8. The number of hydrogen-bond acceptors (Lipinski definition) is 3. The van der Waals surface area contributed by atoms with Crippen LogP contribution in [0.1, 0.15) is 103 Å². The summed E-state index contributed by atoms with van der Waals surface area (Å²) in [5.74, 6) is 5.00. The number of halogens is 1. The van der Waals surface area contributed by atoms with Gasteiger partial charge in [0.2, 0.25) is 0 Å². The number of hydrogen-bond donors (Lipinski definition) is 0. The molecule has 0 aromatic heterocycles. The van der Waals surface area contributed by atoms with Crippen LogP contribution >= 0.6 is 11.6 Å². The zero-order valence-corrected chi connectivity index (χ0v) is 21.9. The van der Waals surface area contributed by atoms with Gasteiger partial charge in [-0.1, -0.05) is 51.0 Å². The summed E-state index contributed by atoms with van der Waals surface area (Å²) >= 11 is 5.81. The summed E-state index contributed by atoms with van der Waals surface area (Å²) in [5, 5.41) is 0. The minimum absolute atomic E-state index is 0.298. The van der Waals surface area contributed by atoms with Crippen LogP contribution in [-0.2, 0) is 14.3 Å². The fourth-order valence-corrected chi connectivity index (χ4v) is 8.62. The Morgan fingerprint density at radius 3 is 2.55 bits per heavy atom. The molecule has 0 heterocycles. The quantitative estimate of drug-likeness (QED) is 0.164. The number of ketones is 1. The van der Waals surface area contributed by atoms with Gasteiger partial charge in [0.15, 0.2) is 5.78 Å². The van der Waals surface area contributed by atoms with E-state index in [1.807, 2.05) is 0 Å². The van der Waals surface area contributed by atoms with Gasteiger partial charge in [0.1, 0.15) is 6.79 Å². The van der Waals surface area contributed by atoms with Crippen molar-refractivity contribution in [3.8, 4) is 0 Å². The third-order valence-corrected chi connectivity index (χ3v) is 10.2. The average molecular weight is 479 g/mol. The fraction of sp³-hybridized carbons (Fsp3) is 0.897. The third kappa shape index (κ3) is 5.72. The molecule has 0 amide bonds. The molecule has 3 fully saturated rings. The van der Waals surface area contributed by atoms with Crippen LogP contribution in [0.5, 0.6) is 0 Å². The minimum Gasteiger partial charge on any atom is -0.359 e. The summed E-state index contributed by atoms with van der Waals surface area (Å²) in [6.07, 6.45) is 21.1. The van der Waals surface area contributed by atoms with Gasteiger partial charge in [-0.3, -0.25) is 4.79 Å². The average Bonchev–Trinajstić information content (AvgIpc) is 3.15. The van der Waals surface area contributed by atoms with Crippen LogP contribution in [-0.4, -0.2) is 31.7 Å². The van der Waals surface area contributed by atoms with Gasteiger partial charge in [-0.25, -0.2) is 0 Å². The number of fused-ring (bicyclic) bond motifs is 5. The molecular weight excluding hydrogens is 432 g/mol. The first-order valence-electron chi connectivity index (χ1n) is 14.0. The minimum atomic E-state index is 0.298. The smallest absolute Gasteiger partial charge is 0.155 e. The molecule has 188 valence electrons. The standard InChI is InChI=1S/C29H47ClO3/c1-29-16-15-25-24-12-11-23(31)19-22(24)18-21(10-8-6-4-3-5-7-9-17-30)28(25)26(29)13-14-27(29)33-20-32-2/h19,21,24-28H,3-18,20H2,1-2H3/t21-,24+,25-,26+,27+,28-,29+/m1/s1. The van der Waals surface area contributed by atoms with E-state index in [4.69, 9.17) is 21.1 Å². The maximum absolute atomic E-state index is 12.3. The maximum atomic E-state index is 12.3. The van der Waals surface area contributed by atoms with Gasteiger partial charge in [0.05, 0.1) is 6.10 Å². The molecule has 0 aromatic carbocycles. The highest BCUT2D eigenvalue weighted by atomic mass is 35.5. The van der Waals surface area contributed by atoms with E-state index in [9.17, 15) is 4.79 Å². The van der Waals surface area contributed by atoms with Crippen molar-refractivity contribution in [1.29, 1.82) is 0 Å². The lowest BCUT2D eigenvalue weighted by Crippen LogP contribution is -2.51. The molecule has 3 nitrogen and oxygen atoms in total. The van der Waals surface area contributed by atoms with Crippen molar-refractivity contribution in [2.45, 2.75) is 109 Å². The summed E-state index contributed by atoms with van der Waals surface area (Å²) < 4.78 is 11.5. The Morgan fingerprint density at radius 2 is 1.79 bits per heavy atom. The van der Waals surface area contributed by atoms with Gasteiger partial charge >= 0.3 is 0 Å². The van der Waals surface area contributed by atoms with E-state index in [1.165, 1.54) is 82.6 Å². The van der Waals surface area contributed by atoms with Gasteiger partial charge in [0, 0.05) is 19.4 Å². The Hall–Kier alpha value is -0.380. The van der Waals surface area contributed by atoms with Crippen LogP contribution in [0.4, 0.5) is 0 Å². The largest absolute Gasteiger partial charge is 0.359 e. The van der Waals surface area contributed by atoms with Crippen molar-refractivity contribution in [2.24, 2.45) is 35.0 Å². The number of rotatable bonds is 12. The molecular formula is C29H47ClO3. The van der Waals surface area contributed by atoms with Crippen LogP contribution in [0.15, 0.2) is 11.6 Å². The van der Waals surface area contributed by atoms with Crippen molar-refractivity contribution in [2.75, 3.05) is 19.8 Å². The lowest BCUT2D eigenvalue weighted by molar-refractivity contribution is -0.139. The van der Waals surface area contributed by atoms with E-state index in [-0.39, 0.29) is 0 Å². The highest BCUT2D eigenvalue weighted by Gasteiger charge is 2.58. The Kier molecular flexibility index (Phi) is 9.38. The predicted octanol–water partition coefficient (Wildman–Crippen LogP) is 7.70. The van der Waals surface area contributed by atoms with Gasteiger partial charge in [-0.05, 0) is 92.4 Å². The number of ether oxygens (including phenoxy) is 2. The molecule has 0 N–H and O–H groups in total. The lowest BCUT2D eigenvalue weighted by Gasteiger charge is -2.56. The summed E-state index contributed by atoms with van der Waals surface area (Å²) in [6.45, 7) is 2.95. The summed E-state index contributed by atoms with van der Waals surface area (Å²) in [6, 6.07) is 0.